The Bertz CT molecular complexity index is 1090. The highest BCUT2D eigenvalue weighted by atomic mass is 16.2. The van der Waals surface area contributed by atoms with Gasteiger partial charge < -0.3 is 0 Å². The molecule has 0 saturated carbocycles. The Morgan fingerprint density at radius 2 is 1.67 bits per heavy atom. The lowest BCUT2D eigenvalue weighted by molar-refractivity contribution is 0.101. The molecule has 0 unspecified atom stereocenters. The highest BCUT2D eigenvalue weighted by Crippen LogP contribution is 2.30. The predicted molar refractivity (Wildman–Crippen MR) is 92.4 cm³/mol. The van der Waals surface area contributed by atoms with Crippen molar-refractivity contribution in [1.82, 2.24) is 14.1 Å². The summed E-state index contributed by atoms with van der Waals surface area (Å²) in [5, 5.41) is 0.279. The molecule has 3 aromatic rings. The molecule has 2 aromatic heterocycles. The van der Waals surface area contributed by atoms with E-state index in [1.807, 2.05) is 30.3 Å². The van der Waals surface area contributed by atoms with E-state index >= 15 is 0 Å². The van der Waals surface area contributed by atoms with E-state index in [1.165, 1.54) is 18.5 Å². The van der Waals surface area contributed by atoms with Crippen LogP contribution in [0.4, 0.5) is 0 Å². The number of pyridine rings is 1. The number of benzene rings is 1. The number of aryl methyl sites for hydroxylation is 2. The Hall–Kier alpha value is -3.02. The van der Waals surface area contributed by atoms with Crippen LogP contribution in [0.15, 0.2) is 39.9 Å². The number of nitrogens with zero attached hydrogens (tertiary/aromatic N) is 3. The third kappa shape index (κ3) is 2.19. The van der Waals surface area contributed by atoms with Crippen molar-refractivity contribution in [2.45, 2.75) is 13.8 Å². The molecule has 3 rings (SSSR count). The van der Waals surface area contributed by atoms with Crippen molar-refractivity contribution in [3.63, 3.8) is 0 Å². The number of fused-ring (bicyclic) bond motifs is 1. The van der Waals surface area contributed by atoms with Crippen LogP contribution in [0.25, 0.3) is 22.2 Å². The van der Waals surface area contributed by atoms with Gasteiger partial charge in [0, 0.05) is 25.2 Å². The van der Waals surface area contributed by atoms with E-state index in [-0.39, 0.29) is 16.8 Å². The van der Waals surface area contributed by atoms with Gasteiger partial charge in [0.2, 0.25) is 0 Å². The van der Waals surface area contributed by atoms with Gasteiger partial charge in [-0.15, -0.1) is 0 Å². The maximum Gasteiger partial charge on any atom is 0.332 e. The minimum atomic E-state index is -0.457. The van der Waals surface area contributed by atoms with Crippen LogP contribution in [0.3, 0.4) is 0 Å². The fourth-order valence-electron chi connectivity index (χ4n) is 3.03. The van der Waals surface area contributed by atoms with E-state index in [0.29, 0.717) is 16.8 Å². The van der Waals surface area contributed by atoms with Gasteiger partial charge in [-0.3, -0.25) is 18.7 Å². The predicted octanol–water partition coefficient (Wildman–Crippen LogP) is 1.81. The smallest absolute Gasteiger partial charge is 0.294 e. The number of carbonyl (C=O) groups is 1. The lowest BCUT2D eigenvalue weighted by atomic mass is 9.94. The maximum atomic E-state index is 12.8. The van der Waals surface area contributed by atoms with Crippen LogP contribution in [0, 0.1) is 6.92 Å². The molecule has 0 saturated heterocycles. The van der Waals surface area contributed by atoms with E-state index in [4.69, 9.17) is 0 Å². The standard InChI is InChI=1S/C18H17N3O3/c1-10-13(11(2)22)14(12-8-6-5-7-9-12)15-16(19-10)20(3)18(24)21(4)17(15)23/h5-9H,1-4H3. The molecule has 0 radical (unpaired) electrons. The summed E-state index contributed by atoms with van der Waals surface area (Å²) >= 11 is 0. The van der Waals surface area contributed by atoms with Gasteiger partial charge in [0.05, 0.1) is 11.1 Å². The van der Waals surface area contributed by atoms with Crippen molar-refractivity contribution in [1.29, 1.82) is 0 Å². The van der Waals surface area contributed by atoms with Gasteiger partial charge in [0.15, 0.2) is 5.78 Å². The van der Waals surface area contributed by atoms with Crippen LogP contribution in [0.5, 0.6) is 0 Å². The summed E-state index contributed by atoms with van der Waals surface area (Å²) < 4.78 is 2.37. The summed E-state index contributed by atoms with van der Waals surface area (Å²) in [6.07, 6.45) is 0. The lowest BCUT2D eigenvalue weighted by Gasteiger charge is -2.15. The number of hydrogen-bond donors (Lipinski definition) is 0. The van der Waals surface area contributed by atoms with Crippen molar-refractivity contribution in [2.24, 2.45) is 14.1 Å². The second-order valence-electron chi connectivity index (χ2n) is 5.77. The van der Waals surface area contributed by atoms with Crippen LogP contribution in [-0.4, -0.2) is 19.9 Å². The zero-order valence-corrected chi connectivity index (χ0v) is 14.0. The molecule has 1 aromatic carbocycles. The second kappa shape index (κ2) is 5.56. The van der Waals surface area contributed by atoms with Gasteiger partial charge in [-0.05, 0) is 19.4 Å². The first-order chi connectivity index (χ1) is 11.3. The third-order valence-electron chi connectivity index (χ3n) is 4.18. The Morgan fingerprint density at radius 3 is 2.25 bits per heavy atom. The third-order valence-corrected chi connectivity index (χ3v) is 4.18. The number of ketones is 1. The van der Waals surface area contributed by atoms with Crippen LogP contribution in [0.2, 0.25) is 0 Å². The van der Waals surface area contributed by atoms with Crippen molar-refractivity contribution < 1.29 is 4.79 Å². The van der Waals surface area contributed by atoms with Crippen molar-refractivity contribution in [3.05, 3.63) is 62.4 Å². The van der Waals surface area contributed by atoms with E-state index in [1.54, 1.807) is 14.0 Å². The molecule has 0 aliphatic heterocycles. The summed E-state index contributed by atoms with van der Waals surface area (Å²) in [5.41, 5.74) is 1.55. The highest BCUT2D eigenvalue weighted by molar-refractivity contribution is 6.08. The topological polar surface area (TPSA) is 74.0 Å². The van der Waals surface area contributed by atoms with E-state index in [2.05, 4.69) is 4.98 Å². The quantitative estimate of drug-likeness (QED) is 0.674. The number of aromatic nitrogens is 3. The Morgan fingerprint density at radius 1 is 1.04 bits per heavy atom. The van der Waals surface area contributed by atoms with Crippen molar-refractivity contribution >= 4 is 16.8 Å². The normalized spacial score (nSPS) is 11.0. The largest absolute Gasteiger partial charge is 0.332 e. The summed E-state index contributed by atoms with van der Waals surface area (Å²) in [4.78, 5) is 41.6. The molecule has 0 aliphatic rings. The Kier molecular flexibility index (Phi) is 3.67. The van der Waals surface area contributed by atoms with E-state index < -0.39 is 11.2 Å². The number of rotatable bonds is 2. The summed E-state index contributed by atoms with van der Waals surface area (Å²) in [6.45, 7) is 3.17. The average Bonchev–Trinajstić information content (AvgIpc) is 2.57. The molecule has 0 bridgehead atoms. The van der Waals surface area contributed by atoms with E-state index in [0.717, 1.165) is 10.1 Å². The molecule has 122 valence electrons. The SMILES string of the molecule is CC(=O)c1c(C)nc2c(c1-c1ccccc1)c(=O)n(C)c(=O)n2C. The van der Waals surface area contributed by atoms with Crippen LogP contribution < -0.4 is 11.2 Å². The van der Waals surface area contributed by atoms with Gasteiger partial charge in [-0.1, -0.05) is 30.3 Å². The highest BCUT2D eigenvalue weighted by Gasteiger charge is 2.22. The molecule has 0 amide bonds. The molecule has 0 spiro atoms. The number of carbonyl (C=O) groups excluding carboxylic acids is 1. The molecule has 0 aliphatic carbocycles. The minimum Gasteiger partial charge on any atom is -0.294 e. The zero-order chi connectivity index (χ0) is 17.6. The van der Waals surface area contributed by atoms with Gasteiger partial charge in [0.25, 0.3) is 5.56 Å². The fraction of sp³-hybridized carbons (Fsp3) is 0.222. The van der Waals surface area contributed by atoms with Gasteiger partial charge in [0.1, 0.15) is 5.65 Å². The summed E-state index contributed by atoms with van der Waals surface area (Å²) in [5.74, 6) is -0.170. The molecule has 2 heterocycles. The fourth-order valence-corrected chi connectivity index (χ4v) is 3.03. The van der Waals surface area contributed by atoms with Crippen LogP contribution >= 0.6 is 0 Å². The summed E-state index contributed by atoms with van der Waals surface area (Å²) in [7, 11) is 2.99. The lowest BCUT2D eigenvalue weighted by Crippen LogP contribution is -2.38. The number of hydrogen-bond acceptors (Lipinski definition) is 4. The van der Waals surface area contributed by atoms with E-state index in [9.17, 15) is 14.4 Å². The maximum absolute atomic E-state index is 12.8. The molecule has 0 atom stereocenters. The molecule has 6 nitrogen and oxygen atoms in total. The van der Waals surface area contributed by atoms with Crippen molar-refractivity contribution in [3.8, 4) is 11.1 Å². The van der Waals surface area contributed by atoms with Crippen LogP contribution in [0.1, 0.15) is 23.0 Å². The first-order valence-electron chi connectivity index (χ1n) is 7.51. The second-order valence-corrected chi connectivity index (χ2v) is 5.77. The summed E-state index contributed by atoms with van der Waals surface area (Å²) in [6, 6.07) is 9.22. The molecular formula is C18H17N3O3. The molecule has 0 fully saturated rings. The first kappa shape index (κ1) is 15.9. The average molecular weight is 323 g/mol. The molecular weight excluding hydrogens is 306 g/mol. The molecule has 6 heteroatoms. The van der Waals surface area contributed by atoms with Gasteiger partial charge >= 0.3 is 5.69 Å². The minimum absolute atomic E-state index is 0.170. The van der Waals surface area contributed by atoms with Gasteiger partial charge in [-0.2, -0.15) is 0 Å². The van der Waals surface area contributed by atoms with Gasteiger partial charge in [-0.25, -0.2) is 9.78 Å². The Labute approximate surface area is 138 Å². The number of Topliss-reactive ketones (excluding diaryl/α,β-unsaturated/α-hetero) is 1. The monoisotopic (exact) mass is 323 g/mol. The van der Waals surface area contributed by atoms with Crippen LogP contribution in [-0.2, 0) is 14.1 Å². The molecule has 0 N–H and O–H groups in total. The Balaban J connectivity index is 2.70. The van der Waals surface area contributed by atoms with Crippen molar-refractivity contribution in [2.75, 3.05) is 0 Å². The zero-order valence-electron chi connectivity index (χ0n) is 14.0. The first-order valence-corrected chi connectivity index (χ1v) is 7.51. The molecule has 24 heavy (non-hydrogen) atoms.